The summed E-state index contributed by atoms with van der Waals surface area (Å²) in [6, 6.07) is 8.18. The van der Waals surface area contributed by atoms with Gasteiger partial charge in [-0.3, -0.25) is 4.79 Å². The third kappa shape index (κ3) is 2.87. The number of aryl methyl sites for hydroxylation is 1. The van der Waals surface area contributed by atoms with Crippen molar-refractivity contribution in [2.45, 2.75) is 19.8 Å². The van der Waals surface area contributed by atoms with Crippen LogP contribution in [0, 0.1) is 6.92 Å². The van der Waals surface area contributed by atoms with Crippen molar-refractivity contribution in [2.24, 2.45) is 0 Å². The number of rotatable bonds is 3. The largest absolute Gasteiger partial charge is 0.346 e. The third-order valence-corrected chi connectivity index (χ3v) is 5.48. The summed E-state index contributed by atoms with van der Waals surface area (Å²) in [4.78, 5) is 24.4. The second kappa shape index (κ2) is 6.24. The Kier molecular flexibility index (Phi) is 3.94. The van der Waals surface area contributed by atoms with Crippen LogP contribution in [0.1, 0.15) is 21.7 Å². The van der Waals surface area contributed by atoms with Crippen LogP contribution in [0.4, 0.5) is 0 Å². The lowest BCUT2D eigenvalue weighted by atomic mass is 9.99. The maximum atomic E-state index is 12.5. The lowest BCUT2D eigenvalue weighted by molar-refractivity contribution is -0.130. The van der Waals surface area contributed by atoms with E-state index < -0.39 is 0 Å². The van der Waals surface area contributed by atoms with Crippen molar-refractivity contribution in [3.05, 3.63) is 58.1 Å². The highest BCUT2D eigenvalue weighted by atomic mass is 32.1. The minimum Gasteiger partial charge on any atom is -0.346 e. The quantitative estimate of drug-likeness (QED) is 0.790. The molecule has 0 atom stereocenters. The van der Waals surface area contributed by atoms with Gasteiger partial charge in [-0.15, -0.1) is 11.3 Å². The predicted molar refractivity (Wildman–Crippen MR) is 98.0 cm³/mol. The van der Waals surface area contributed by atoms with E-state index >= 15 is 0 Å². The molecule has 1 aliphatic rings. The molecule has 4 nitrogen and oxygen atoms in total. The van der Waals surface area contributed by atoms with Crippen molar-refractivity contribution in [3.63, 3.8) is 0 Å². The standard InChI is InChI=1S/C19H19N3OS/c1-13-4-5-15(24-13)11-18(23)22-9-6-14(7-10-22)17-12-21-19-16(17)3-2-8-20-19/h2-6,8,12H,7,9-11H2,1H3,(H,20,21). The van der Waals surface area contributed by atoms with Gasteiger partial charge in [0.05, 0.1) is 6.42 Å². The van der Waals surface area contributed by atoms with Crippen molar-refractivity contribution < 1.29 is 4.79 Å². The highest BCUT2D eigenvalue weighted by Gasteiger charge is 2.20. The minimum atomic E-state index is 0.216. The summed E-state index contributed by atoms with van der Waals surface area (Å²) in [6.45, 7) is 3.54. The van der Waals surface area contributed by atoms with Crippen LogP contribution in [0.25, 0.3) is 16.6 Å². The van der Waals surface area contributed by atoms with E-state index in [-0.39, 0.29) is 5.91 Å². The van der Waals surface area contributed by atoms with Gasteiger partial charge in [0.2, 0.25) is 5.91 Å². The fourth-order valence-electron chi connectivity index (χ4n) is 3.20. The van der Waals surface area contributed by atoms with E-state index in [9.17, 15) is 4.79 Å². The molecule has 1 amide bonds. The van der Waals surface area contributed by atoms with E-state index in [0.29, 0.717) is 13.0 Å². The van der Waals surface area contributed by atoms with Gasteiger partial charge in [0.15, 0.2) is 0 Å². The molecule has 0 fully saturated rings. The molecule has 0 spiro atoms. The van der Waals surface area contributed by atoms with Gasteiger partial charge in [-0.25, -0.2) is 4.98 Å². The number of nitrogens with one attached hydrogen (secondary N) is 1. The summed E-state index contributed by atoms with van der Waals surface area (Å²) in [5.41, 5.74) is 3.42. The monoisotopic (exact) mass is 337 g/mol. The molecular weight excluding hydrogens is 318 g/mol. The van der Waals surface area contributed by atoms with E-state index in [1.165, 1.54) is 16.0 Å². The summed E-state index contributed by atoms with van der Waals surface area (Å²) >= 11 is 1.71. The summed E-state index contributed by atoms with van der Waals surface area (Å²) < 4.78 is 0. The number of fused-ring (bicyclic) bond motifs is 1. The molecule has 0 saturated heterocycles. The van der Waals surface area contributed by atoms with E-state index in [1.807, 2.05) is 17.2 Å². The van der Waals surface area contributed by atoms with Gasteiger partial charge < -0.3 is 9.88 Å². The Morgan fingerprint density at radius 2 is 2.29 bits per heavy atom. The number of hydrogen-bond donors (Lipinski definition) is 1. The maximum absolute atomic E-state index is 12.5. The van der Waals surface area contributed by atoms with E-state index in [0.717, 1.165) is 28.9 Å². The van der Waals surface area contributed by atoms with Gasteiger partial charge >= 0.3 is 0 Å². The van der Waals surface area contributed by atoms with Crippen LogP contribution in [0.3, 0.4) is 0 Å². The summed E-state index contributed by atoms with van der Waals surface area (Å²) in [7, 11) is 0. The first-order chi connectivity index (χ1) is 11.7. The van der Waals surface area contributed by atoms with Crippen molar-refractivity contribution in [1.82, 2.24) is 14.9 Å². The van der Waals surface area contributed by atoms with Crippen LogP contribution in [0.15, 0.2) is 42.7 Å². The molecule has 0 aliphatic carbocycles. The number of nitrogens with zero attached hydrogens (tertiary/aromatic N) is 2. The van der Waals surface area contributed by atoms with Gasteiger partial charge in [-0.05, 0) is 43.2 Å². The first kappa shape index (κ1) is 15.1. The average Bonchev–Trinajstić information content (AvgIpc) is 3.21. The Labute approximate surface area is 144 Å². The molecule has 1 aliphatic heterocycles. The van der Waals surface area contributed by atoms with Crippen LogP contribution in [0.5, 0.6) is 0 Å². The average molecular weight is 337 g/mol. The molecule has 4 rings (SSSR count). The number of pyridine rings is 1. The number of aromatic amines is 1. The molecule has 3 aromatic rings. The van der Waals surface area contributed by atoms with E-state index in [1.54, 1.807) is 17.5 Å². The Hall–Kier alpha value is -2.40. The molecule has 122 valence electrons. The summed E-state index contributed by atoms with van der Waals surface area (Å²) in [5.74, 6) is 0.216. The molecule has 4 heterocycles. The van der Waals surface area contributed by atoms with Crippen LogP contribution >= 0.6 is 11.3 Å². The Balaban J connectivity index is 1.48. The van der Waals surface area contributed by atoms with Crippen molar-refractivity contribution >= 4 is 33.9 Å². The zero-order valence-corrected chi connectivity index (χ0v) is 14.4. The topological polar surface area (TPSA) is 49.0 Å². The molecule has 0 bridgehead atoms. The molecule has 0 saturated carbocycles. The van der Waals surface area contributed by atoms with E-state index in [4.69, 9.17) is 0 Å². The Morgan fingerprint density at radius 1 is 1.38 bits per heavy atom. The highest BCUT2D eigenvalue weighted by molar-refractivity contribution is 7.12. The third-order valence-electron chi connectivity index (χ3n) is 4.48. The maximum Gasteiger partial charge on any atom is 0.228 e. The van der Waals surface area contributed by atoms with Crippen molar-refractivity contribution in [3.8, 4) is 0 Å². The zero-order valence-electron chi connectivity index (χ0n) is 13.6. The fraction of sp³-hybridized carbons (Fsp3) is 0.263. The normalized spacial score (nSPS) is 14.9. The van der Waals surface area contributed by atoms with Crippen LogP contribution < -0.4 is 0 Å². The highest BCUT2D eigenvalue weighted by Crippen LogP contribution is 2.28. The first-order valence-corrected chi connectivity index (χ1v) is 8.97. The molecule has 5 heteroatoms. The van der Waals surface area contributed by atoms with Crippen molar-refractivity contribution in [1.29, 1.82) is 0 Å². The van der Waals surface area contributed by atoms with Gasteiger partial charge in [-0.2, -0.15) is 0 Å². The molecule has 0 aromatic carbocycles. The SMILES string of the molecule is Cc1ccc(CC(=O)N2CC=C(c3c[nH]c4ncccc34)CC2)s1. The molecule has 0 radical (unpaired) electrons. The number of hydrogen-bond acceptors (Lipinski definition) is 3. The zero-order chi connectivity index (χ0) is 16.5. The lowest BCUT2D eigenvalue weighted by Crippen LogP contribution is -2.35. The van der Waals surface area contributed by atoms with Crippen LogP contribution in [0.2, 0.25) is 0 Å². The molecular formula is C19H19N3OS. The number of carbonyl (C=O) groups is 1. The second-order valence-electron chi connectivity index (χ2n) is 6.11. The first-order valence-electron chi connectivity index (χ1n) is 8.15. The molecule has 24 heavy (non-hydrogen) atoms. The number of H-pyrrole nitrogens is 1. The summed E-state index contributed by atoms with van der Waals surface area (Å²) in [6.07, 6.45) is 7.40. The van der Waals surface area contributed by atoms with Crippen molar-refractivity contribution in [2.75, 3.05) is 13.1 Å². The number of amides is 1. The number of thiophene rings is 1. The van der Waals surface area contributed by atoms with Gasteiger partial charge in [0.1, 0.15) is 5.65 Å². The van der Waals surface area contributed by atoms with Crippen LogP contribution in [-0.4, -0.2) is 33.9 Å². The van der Waals surface area contributed by atoms with E-state index in [2.05, 4.69) is 41.2 Å². The van der Waals surface area contributed by atoms with Gasteiger partial charge in [-0.1, -0.05) is 6.08 Å². The van der Waals surface area contributed by atoms with Crippen LogP contribution in [-0.2, 0) is 11.2 Å². The number of carbonyl (C=O) groups excluding carboxylic acids is 1. The molecule has 1 N–H and O–H groups in total. The fourth-order valence-corrected chi connectivity index (χ4v) is 4.08. The second-order valence-corrected chi connectivity index (χ2v) is 7.48. The van der Waals surface area contributed by atoms with Gasteiger partial charge in [0, 0.05) is 46.2 Å². The Morgan fingerprint density at radius 3 is 3.04 bits per heavy atom. The minimum absolute atomic E-state index is 0.216. The molecule has 3 aromatic heterocycles. The lowest BCUT2D eigenvalue weighted by Gasteiger charge is -2.26. The molecule has 0 unspecified atom stereocenters. The van der Waals surface area contributed by atoms with Gasteiger partial charge in [0.25, 0.3) is 0 Å². The predicted octanol–water partition coefficient (Wildman–Crippen LogP) is 3.79. The smallest absolute Gasteiger partial charge is 0.228 e. The Bertz CT molecular complexity index is 921. The number of aromatic nitrogens is 2. The summed E-state index contributed by atoms with van der Waals surface area (Å²) in [5, 5.41) is 1.15.